The molecule has 0 amide bonds. The van der Waals surface area contributed by atoms with Gasteiger partial charge >= 0.3 is 0 Å². The minimum absolute atomic E-state index is 0.309. The molecule has 2 rings (SSSR count). The Morgan fingerprint density at radius 2 is 1.78 bits per heavy atom. The lowest BCUT2D eigenvalue weighted by Crippen LogP contribution is -3.14. The second kappa shape index (κ2) is 6.85. The van der Waals surface area contributed by atoms with Crippen LogP contribution < -0.4 is 10.6 Å². The molecule has 1 saturated carbocycles. The number of rotatable bonds is 5. The van der Waals surface area contributed by atoms with Crippen LogP contribution in [0.15, 0.2) is 0 Å². The highest BCUT2D eigenvalue weighted by Crippen LogP contribution is 2.35. The van der Waals surface area contributed by atoms with Crippen molar-refractivity contribution in [3.8, 4) is 0 Å². The summed E-state index contributed by atoms with van der Waals surface area (Å²) in [6.07, 6.45) is 5.64. The van der Waals surface area contributed by atoms with Gasteiger partial charge in [0.2, 0.25) is 0 Å². The molecule has 18 heavy (non-hydrogen) atoms. The molecule has 1 aliphatic heterocycles. The van der Waals surface area contributed by atoms with Crippen molar-refractivity contribution in [2.75, 3.05) is 40.4 Å². The van der Waals surface area contributed by atoms with E-state index in [1.165, 1.54) is 45.3 Å². The third-order valence-electron chi connectivity index (χ3n) is 4.96. The van der Waals surface area contributed by atoms with Gasteiger partial charge in [-0.3, -0.25) is 0 Å². The Hall–Kier alpha value is -0.160. The molecule has 0 aromatic rings. The van der Waals surface area contributed by atoms with E-state index in [2.05, 4.69) is 5.73 Å². The van der Waals surface area contributed by atoms with Crippen molar-refractivity contribution in [3.05, 3.63) is 0 Å². The third-order valence-corrected chi connectivity index (χ3v) is 4.96. The Kier molecular flexibility index (Phi) is 5.42. The van der Waals surface area contributed by atoms with Gasteiger partial charge in [-0.2, -0.15) is 0 Å². The van der Waals surface area contributed by atoms with E-state index in [0.717, 1.165) is 18.4 Å². The van der Waals surface area contributed by atoms with Gasteiger partial charge < -0.3 is 20.1 Å². The van der Waals surface area contributed by atoms with Gasteiger partial charge in [0.15, 0.2) is 0 Å². The predicted molar refractivity (Wildman–Crippen MR) is 70.4 cm³/mol. The number of fused-ring (bicyclic) bond motifs is 1. The molecule has 0 aromatic carbocycles. The quantitative estimate of drug-likeness (QED) is 0.662. The molecule has 1 heterocycles. The molecule has 4 heteroatoms. The summed E-state index contributed by atoms with van der Waals surface area (Å²) < 4.78 is 11.2. The predicted octanol–water partition coefficient (Wildman–Crippen LogP) is -1.04. The summed E-state index contributed by atoms with van der Waals surface area (Å²) in [6, 6.07) is 0. The van der Waals surface area contributed by atoms with Gasteiger partial charge in [-0.25, -0.2) is 0 Å². The first kappa shape index (κ1) is 14.3. The molecule has 0 aromatic heterocycles. The number of piperidine rings is 1. The Bertz CT molecular complexity index is 250. The third kappa shape index (κ3) is 3.23. The highest BCUT2D eigenvalue weighted by Gasteiger charge is 2.41. The lowest BCUT2D eigenvalue weighted by Gasteiger charge is -2.44. The Balaban J connectivity index is 1.88. The number of nitrogens with one attached hydrogen (secondary N) is 1. The SMILES string of the molecule is COC1CC2CC[NH+](CCC[NH3+])CC2CC1OC. The number of hydrogen-bond donors (Lipinski definition) is 2. The summed E-state index contributed by atoms with van der Waals surface area (Å²) >= 11 is 0. The number of methoxy groups -OCH3 is 2. The molecule has 5 unspecified atom stereocenters. The number of hydrogen-bond acceptors (Lipinski definition) is 2. The van der Waals surface area contributed by atoms with Crippen molar-refractivity contribution in [3.63, 3.8) is 0 Å². The van der Waals surface area contributed by atoms with Crippen LogP contribution in [0, 0.1) is 11.8 Å². The molecule has 0 spiro atoms. The molecule has 1 aliphatic carbocycles. The highest BCUT2D eigenvalue weighted by molar-refractivity contribution is 4.88. The fraction of sp³-hybridized carbons (Fsp3) is 1.00. The Morgan fingerprint density at radius 3 is 2.39 bits per heavy atom. The van der Waals surface area contributed by atoms with Crippen LogP contribution in [0.4, 0.5) is 0 Å². The lowest BCUT2D eigenvalue weighted by atomic mass is 9.72. The average Bonchev–Trinajstić information content (AvgIpc) is 2.43. The van der Waals surface area contributed by atoms with Gasteiger partial charge in [0.05, 0.1) is 38.4 Å². The number of quaternary nitrogens is 2. The van der Waals surface area contributed by atoms with Gasteiger partial charge in [0.1, 0.15) is 0 Å². The van der Waals surface area contributed by atoms with Crippen LogP contribution in [0.25, 0.3) is 0 Å². The van der Waals surface area contributed by atoms with Gasteiger partial charge in [-0.05, 0) is 25.2 Å². The first-order valence-electron chi connectivity index (χ1n) is 7.46. The first-order valence-corrected chi connectivity index (χ1v) is 7.46. The number of likely N-dealkylation sites (tertiary alicyclic amines) is 1. The number of ether oxygens (including phenoxy) is 2. The van der Waals surface area contributed by atoms with Crippen molar-refractivity contribution in [2.45, 2.75) is 37.9 Å². The molecule has 5 atom stereocenters. The molecule has 1 saturated heterocycles. The lowest BCUT2D eigenvalue weighted by molar-refractivity contribution is -0.911. The van der Waals surface area contributed by atoms with E-state index in [4.69, 9.17) is 9.47 Å². The normalized spacial score (nSPS) is 40.5. The van der Waals surface area contributed by atoms with E-state index in [9.17, 15) is 0 Å². The van der Waals surface area contributed by atoms with E-state index in [1.54, 1.807) is 4.90 Å². The van der Waals surface area contributed by atoms with Gasteiger partial charge in [-0.1, -0.05) is 0 Å². The fourth-order valence-corrected chi connectivity index (χ4v) is 3.85. The summed E-state index contributed by atoms with van der Waals surface area (Å²) in [7, 11) is 3.65. The van der Waals surface area contributed by atoms with Gasteiger partial charge in [0, 0.05) is 26.6 Å². The molecule has 106 valence electrons. The second-order valence-electron chi connectivity index (χ2n) is 5.99. The molecule has 4 nitrogen and oxygen atoms in total. The Morgan fingerprint density at radius 1 is 1.11 bits per heavy atom. The topological polar surface area (TPSA) is 50.5 Å². The van der Waals surface area contributed by atoms with Crippen LogP contribution in [-0.4, -0.2) is 52.6 Å². The largest absolute Gasteiger partial charge is 0.379 e. The van der Waals surface area contributed by atoms with E-state index < -0.39 is 0 Å². The minimum Gasteiger partial charge on any atom is -0.379 e. The second-order valence-corrected chi connectivity index (χ2v) is 5.99. The zero-order valence-corrected chi connectivity index (χ0v) is 12.0. The maximum Gasteiger partial charge on any atom is 0.0837 e. The fourth-order valence-electron chi connectivity index (χ4n) is 3.85. The van der Waals surface area contributed by atoms with Crippen LogP contribution in [0.2, 0.25) is 0 Å². The van der Waals surface area contributed by atoms with Crippen molar-refractivity contribution in [1.82, 2.24) is 0 Å². The van der Waals surface area contributed by atoms with E-state index in [-0.39, 0.29) is 0 Å². The Labute approximate surface area is 111 Å². The highest BCUT2D eigenvalue weighted by atomic mass is 16.5. The van der Waals surface area contributed by atoms with Crippen LogP contribution in [-0.2, 0) is 9.47 Å². The molecule has 2 aliphatic rings. The summed E-state index contributed by atoms with van der Waals surface area (Å²) in [5, 5.41) is 0. The zero-order valence-electron chi connectivity index (χ0n) is 12.0. The molecular formula is C14H30N2O2+2. The van der Waals surface area contributed by atoms with E-state index >= 15 is 0 Å². The maximum atomic E-state index is 5.62. The summed E-state index contributed by atoms with van der Waals surface area (Å²) in [6.45, 7) is 5.05. The van der Waals surface area contributed by atoms with Crippen molar-refractivity contribution >= 4 is 0 Å². The van der Waals surface area contributed by atoms with Crippen LogP contribution in [0.5, 0.6) is 0 Å². The minimum atomic E-state index is 0.309. The first-order chi connectivity index (χ1) is 8.78. The van der Waals surface area contributed by atoms with Crippen LogP contribution in [0.3, 0.4) is 0 Å². The smallest absolute Gasteiger partial charge is 0.0837 e. The van der Waals surface area contributed by atoms with E-state index in [0.29, 0.717) is 12.2 Å². The zero-order chi connectivity index (χ0) is 13.0. The molecule has 0 radical (unpaired) electrons. The molecule has 4 N–H and O–H groups in total. The molecule has 0 bridgehead atoms. The van der Waals surface area contributed by atoms with Crippen LogP contribution >= 0.6 is 0 Å². The molecule has 2 fully saturated rings. The van der Waals surface area contributed by atoms with Crippen LogP contribution in [0.1, 0.15) is 25.7 Å². The summed E-state index contributed by atoms with van der Waals surface area (Å²) in [5.74, 6) is 1.71. The average molecular weight is 258 g/mol. The van der Waals surface area contributed by atoms with Crippen molar-refractivity contribution in [1.29, 1.82) is 0 Å². The van der Waals surface area contributed by atoms with E-state index in [1.807, 2.05) is 14.2 Å². The van der Waals surface area contributed by atoms with Gasteiger partial charge in [0.25, 0.3) is 0 Å². The maximum absolute atomic E-state index is 5.62. The van der Waals surface area contributed by atoms with Gasteiger partial charge in [-0.15, -0.1) is 0 Å². The van der Waals surface area contributed by atoms with Crippen molar-refractivity contribution < 1.29 is 20.1 Å². The van der Waals surface area contributed by atoms with Crippen molar-refractivity contribution in [2.24, 2.45) is 11.8 Å². The molecular weight excluding hydrogens is 228 g/mol. The standard InChI is InChI=1S/C14H28N2O2/c1-17-13-8-11-4-7-16(6-3-5-15)10-12(11)9-14(13)18-2/h11-14H,3-10,15H2,1-2H3/p+2. The summed E-state index contributed by atoms with van der Waals surface area (Å²) in [4.78, 5) is 1.78. The summed E-state index contributed by atoms with van der Waals surface area (Å²) in [5.41, 5.74) is 3.95. The monoisotopic (exact) mass is 258 g/mol.